The highest BCUT2D eigenvalue weighted by Crippen LogP contribution is 2.36. The smallest absolute Gasteiger partial charge is 0.318 e. The van der Waals surface area contributed by atoms with Crippen molar-refractivity contribution >= 4 is 38.0 Å². The minimum Gasteiger partial charge on any atom is -0.463 e. The summed E-state index contributed by atoms with van der Waals surface area (Å²) in [5.41, 5.74) is 4.30. The zero-order valence-corrected chi connectivity index (χ0v) is 25.9. The summed E-state index contributed by atoms with van der Waals surface area (Å²) in [6, 6.07) is 12.7. The molecule has 1 aliphatic carbocycles. The van der Waals surface area contributed by atoms with E-state index >= 15 is 0 Å². The quantitative estimate of drug-likeness (QED) is 0.192. The molecule has 10 nitrogen and oxygen atoms in total. The molecule has 6 rings (SSSR count). The number of anilines is 2. The van der Waals surface area contributed by atoms with Crippen LogP contribution in [0.5, 0.6) is 6.01 Å². The summed E-state index contributed by atoms with van der Waals surface area (Å²) in [5, 5.41) is 2.23. The molecule has 1 aromatic heterocycles. The van der Waals surface area contributed by atoms with E-state index in [1.807, 2.05) is 0 Å². The Morgan fingerprint density at radius 1 is 1.14 bits per heavy atom. The first-order chi connectivity index (χ1) is 21.3. The molecular formula is C33H38N6O4S. The number of sulfone groups is 1. The molecule has 1 amide bonds. The van der Waals surface area contributed by atoms with Crippen LogP contribution in [0.3, 0.4) is 0 Å². The van der Waals surface area contributed by atoms with E-state index < -0.39 is 9.84 Å². The summed E-state index contributed by atoms with van der Waals surface area (Å²) >= 11 is 0. The van der Waals surface area contributed by atoms with Crippen molar-refractivity contribution in [2.24, 2.45) is 0 Å². The number of ether oxygens (including phenoxy) is 1. The molecule has 0 unspecified atom stereocenters. The summed E-state index contributed by atoms with van der Waals surface area (Å²) in [4.78, 5) is 32.1. The first-order valence-corrected chi connectivity index (χ1v) is 17.0. The molecular weight excluding hydrogens is 576 g/mol. The molecule has 3 aliphatic rings. The highest BCUT2D eigenvalue weighted by Gasteiger charge is 2.36. The third kappa shape index (κ3) is 6.09. The van der Waals surface area contributed by atoms with Gasteiger partial charge in [0.25, 0.3) is 0 Å². The maximum absolute atomic E-state index is 12.5. The Balaban J connectivity index is 1.30. The van der Waals surface area contributed by atoms with Crippen LogP contribution >= 0.6 is 0 Å². The molecule has 1 atom stereocenters. The number of carbonyl (C=O) groups is 1. The Bertz CT molecular complexity index is 1730. The molecule has 230 valence electrons. The van der Waals surface area contributed by atoms with E-state index in [2.05, 4.69) is 64.5 Å². The van der Waals surface area contributed by atoms with Crippen molar-refractivity contribution in [3.8, 4) is 6.01 Å². The van der Waals surface area contributed by atoms with Crippen LogP contribution in [0.15, 0.2) is 49.1 Å². The maximum atomic E-state index is 12.5. The van der Waals surface area contributed by atoms with E-state index in [-0.39, 0.29) is 42.1 Å². The van der Waals surface area contributed by atoms with Crippen LogP contribution in [0, 0.1) is 13.5 Å². The lowest BCUT2D eigenvalue weighted by molar-refractivity contribution is -0.128. The number of amides is 1. The lowest BCUT2D eigenvalue weighted by Gasteiger charge is -2.41. The summed E-state index contributed by atoms with van der Waals surface area (Å²) in [5.74, 6) is 0.695. The Kier molecular flexibility index (Phi) is 8.45. The third-order valence-electron chi connectivity index (χ3n) is 8.83. The van der Waals surface area contributed by atoms with Crippen molar-refractivity contribution in [2.75, 3.05) is 54.9 Å². The number of hydrogen-bond donors (Lipinski definition) is 0. The van der Waals surface area contributed by atoms with Gasteiger partial charge in [0, 0.05) is 42.8 Å². The molecule has 2 aliphatic heterocycles. The Hall–Kier alpha value is -4.17. The number of rotatable bonds is 10. The summed E-state index contributed by atoms with van der Waals surface area (Å²) < 4.78 is 30.8. The minimum absolute atomic E-state index is 0.0985. The SMILES string of the molecule is [C-]#[N+]C[C@H]1CN(c2nc(OCCCS(=O)(=O)C3CC3)nc3c2CCN(c2cccc4cccc(C)c24)C3)CCN1C(=O)C=C. The van der Waals surface area contributed by atoms with E-state index in [9.17, 15) is 13.2 Å². The number of nitrogens with zero attached hydrogens (tertiary/aromatic N) is 6. The van der Waals surface area contributed by atoms with Crippen LogP contribution in [0.25, 0.3) is 15.6 Å². The highest BCUT2D eigenvalue weighted by molar-refractivity contribution is 7.92. The number of aromatic nitrogens is 2. The average Bonchev–Trinajstić information content (AvgIpc) is 3.89. The number of benzene rings is 2. The van der Waals surface area contributed by atoms with Crippen LogP contribution in [0.1, 0.15) is 36.1 Å². The van der Waals surface area contributed by atoms with Crippen molar-refractivity contribution in [3.63, 3.8) is 0 Å². The van der Waals surface area contributed by atoms with Crippen LogP contribution in [0.2, 0.25) is 0 Å². The molecule has 3 aromatic rings. The van der Waals surface area contributed by atoms with Gasteiger partial charge in [0.05, 0.1) is 29.8 Å². The predicted molar refractivity (Wildman–Crippen MR) is 172 cm³/mol. The fourth-order valence-electron chi connectivity index (χ4n) is 6.42. The number of fused-ring (bicyclic) bond motifs is 2. The van der Waals surface area contributed by atoms with Gasteiger partial charge < -0.3 is 24.3 Å². The normalized spacial score (nSPS) is 18.5. The lowest BCUT2D eigenvalue weighted by atomic mass is 9.99. The molecule has 0 N–H and O–H groups in total. The van der Waals surface area contributed by atoms with Crippen LogP contribution in [0.4, 0.5) is 11.5 Å². The average molecular weight is 615 g/mol. The molecule has 0 spiro atoms. The van der Waals surface area contributed by atoms with Crippen LogP contribution < -0.4 is 14.5 Å². The third-order valence-corrected chi connectivity index (χ3v) is 11.2. The lowest BCUT2D eigenvalue weighted by Crippen LogP contribution is -2.56. The highest BCUT2D eigenvalue weighted by atomic mass is 32.2. The number of carbonyl (C=O) groups excluding carboxylic acids is 1. The van der Waals surface area contributed by atoms with Gasteiger partial charge in [-0.25, -0.2) is 15.0 Å². The van der Waals surface area contributed by atoms with Gasteiger partial charge in [0.1, 0.15) is 11.9 Å². The van der Waals surface area contributed by atoms with E-state index in [0.717, 1.165) is 48.6 Å². The summed E-state index contributed by atoms with van der Waals surface area (Å²) in [7, 11) is -3.07. The Morgan fingerprint density at radius 2 is 1.93 bits per heavy atom. The van der Waals surface area contributed by atoms with Crippen molar-refractivity contribution in [1.29, 1.82) is 0 Å². The van der Waals surface area contributed by atoms with Gasteiger partial charge in [-0.2, -0.15) is 9.97 Å². The van der Waals surface area contributed by atoms with Crippen LogP contribution in [-0.4, -0.2) is 85.6 Å². The molecule has 1 saturated heterocycles. The first-order valence-electron chi connectivity index (χ1n) is 15.3. The molecule has 3 heterocycles. The maximum Gasteiger partial charge on any atom is 0.318 e. The van der Waals surface area contributed by atoms with Gasteiger partial charge in [-0.05, 0) is 55.7 Å². The fraction of sp³-hybridized carbons (Fsp3) is 0.455. The van der Waals surface area contributed by atoms with Gasteiger partial charge in [-0.1, -0.05) is 36.9 Å². The second-order valence-electron chi connectivity index (χ2n) is 11.8. The zero-order valence-electron chi connectivity index (χ0n) is 25.1. The van der Waals surface area contributed by atoms with Gasteiger partial charge >= 0.3 is 6.01 Å². The monoisotopic (exact) mass is 614 g/mol. The standard InChI is InChI=1S/C33H38N6O4S/c1-4-30(40)39-17-16-38(21-25(39)20-34-3)32-27-14-15-37(29-11-6-10-24-9-5-8-23(2)31(24)29)22-28(27)35-33(36-32)43-18-7-19-44(41,42)26-12-13-26/h4-6,8-11,25-26H,1,7,12-22H2,2H3/t25-/m0/s1. The van der Waals surface area contributed by atoms with E-state index in [4.69, 9.17) is 21.3 Å². The molecule has 44 heavy (non-hydrogen) atoms. The molecule has 2 aromatic carbocycles. The predicted octanol–water partition coefficient (Wildman–Crippen LogP) is 3.97. The second kappa shape index (κ2) is 12.4. The molecule has 2 fully saturated rings. The minimum atomic E-state index is -3.07. The van der Waals surface area contributed by atoms with Crippen molar-refractivity contribution in [1.82, 2.24) is 14.9 Å². The first kappa shape index (κ1) is 29.9. The zero-order chi connectivity index (χ0) is 30.8. The number of aryl methyl sites for hydroxylation is 1. The van der Waals surface area contributed by atoms with Gasteiger partial charge in [-0.3, -0.25) is 4.79 Å². The fourth-order valence-corrected chi connectivity index (χ4v) is 8.13. The van der Waals surface area contributed by atoms with Gasteiger partial charge in [0.15, 0.2) is 9.84 Å². The van der Waals surface area contributed by atoms with Crippen LogP contribution in [-0.2, 0) is 27.6 Å². The largest absolute Gasteiger partial charge is 0.463 e. The summed E-state index contributed by atoms with van der Waals surface area (Å²) in [6.07, 6.45) is 3.93. The Morgan fingerprint density at radius 3 is 2.68 bits per heavy atom. The summed E-state index contributed by atoms with van der Waals surface area (Å²) in [6.45, 7) is 16.5. The second-order valence-corrected chi connectivity index (χ2v) is 14.2. The molecule has 1 saturated carbocycles. The van der Waals surface area contributed by atoms with Gasteiger partial charge in [0.2, 0.25) is 12.5 Å². The number of piperazine rings is 1. The topological polar surface area (TPSA) is 100 Å². The van der Waals surface area contributed by atoms with E-state index in [0.29, 0.717) is 32.6 Å². The van der Waals surface area contributed by atoms with E-state index in [1.54, 1.807) is 4.90 Å². The molecule has 0 radical (unpaired) electrons. The molecule has 11 heteroatoms. The van der Waals surface area contributed by atoms with Crippen molar-refractivity contribution in [3.05, 3.63) is 77.3 Å². The van der Waals surface area contributed by atoms with Crippen molar-refractivity contribution in [2.45, 2.75) is 50.4 Å². The Labute approximate surface area is 259 Å². The number of hydrogen-bond acceptors (Lipinski definition) is 8. The van der Waals surface area contributed by atoms with Crippen molar-refractivity contribution < 1.29 is 17.9 Å². The molecule has 0 bridgehead atoms. The van der Waals surface area contributed by atoms with E-state index in [1.165, 1.54) is 22.4 Å². The van der Waals surface area contributed by atoms with Gasteiger partial charge in [-0.15, -0.1) is 0 Å².